The Kier molecular flexibility index (Phi) is 4.41. The van der Waals surface area contributed by atoms with E-state index in [2.05, 4.69) is 15.5 Å². The van der Waals surface area contributed by atoms with Crippen molar-refractivity contribution in [1.82, 2.24) is 19.7 Å². The second-order valence-electron chi connectivity index (χ2n) is 6.87. The van der Waals surface area contributed by atoms with Gasteiger partial charge in [-0.1, -0.05) is 30.9 Å². The molecule has 1 aliphatic rings. The Morgan fingerprint density at radius 1 is 1.36 bits per heavy atom. The average Bonchev–Trinajstić information content (AvgIpc) is 3.13. The summed E-state index contributed by atoms with van der Waals surface area (Å²) in [6.45, 7) is 1.92. The highest BCUT2D eigenvalue weighted by atomic mass is 35.5. The van der Waals surface area contributed by atoms with Crippen molar-refractivity contribution >= 4 is 33.2 Å². The summed E-state index contributed by atoms with van der Waals surface area (Å²) in [7, 11) is 1.81. The molecule has 1 N–H and O–H groups in total. The zero-order chi connectivity index (χ0) is 17.6. The minimum Gasteiger partial charge on any atom is -0.310 e. The van der Waals surface area contributed by atoms with Gasteiger partial charge in [-0.3, -0.25) is 9.48 Å². The van der Waals surface area contributed by atoms with Gasteiger partial charge in [-0.25, -0.2) is 4.98 Å². The molecule has 0 amide bonds. The lowest BCUT2D eigenvalue weighted by Gasteiger charge is -2.20. The van der Waals surface area contributed by atoms with Gasteiger partial charge in [-0.05, 0) is 36.6 Å². The van der Waals surface area contributed by atoms with E-state index in [1.807, 2.05) is 14.0 Å². The summed E-state index contributed by atoms with van der Waals surface area (Å²) in [5, 5.41) is 7.84. The predicted molar refractivity (Wildman–Crippen MR) is 102 cm³/mol. The van der Waals surface area contributed by atoms with Crippen LogP contribution in [0.5, 0.6) is 0 Å². The maximum atomic E-state index is 12.7. The number of fused-ring (bicyclic) bond motifs is 1. The van der Waals surface area contributed by atoms with Crippen molar-refractivity contribution in [3.63, 3.8) is 0 Å². The maximum Gasteiger partial charge on any atom is 0.259 e. The monoisotopic (exact) mass is 376 g/mol. The molecule has 7 heteroatoms. The third-order valence-electron chi connectivity index (χ3n) is 5.18. The Morgan fingerprint density at radius 2 is 2.12 bits per heavy atom. The van der Waals surface area contributed by atoms with Crippen LogP contribution < -0.4 is 5.56 Å². The number of halogens is 1. The fourth-order valence-electron chi connectivity index (χ4n) is 3.85. The molecule has 0 saturated heterocycles. The third kappa shape index (κ3) is 3.02. The van der Waals surface area contributed by atoms with Crippen molar-refractivity contribution in [2.24, 2.45) is 7.05 Å². The minimum absolute atomic E-state index is 0.0283. The topological polar surface area (TPSA) is 63.6 Å². The van der Waals surface area contributed by atoms with Crippen LogP contribution in [0.1, 0.15) is 60.7 Å². The number of nitrogens with one attached hydrogen (secondary N) is 1. The van der Waals surface area contributed by atoms with Crippen LogP contribution in [0.4, 0.5) is 0 Å². The smallest absolute Gasteiger partial charge is 0.259 e. The van der Waals surface area contributed by atoms with Crippen LogP contribution in [0.2, 0.25) is 5.15 Å². The Bertz CT molecular complexity index is 981. The Labute approximate surface area is 155 Å². The molecule has 0 radical (unpaired) electrons. The first-order valence-electron chi connectivity index (χ1n) is 8.73. The Hall–Kier alpha value is -1.66. The number of thiophene rings is 1. The second-order valence-corrected chi connectivity index (χ2v) is 8.09. The lowest BCUT2D eigenvalue weighted by molar-refractivity contribution is 0.446. The lowest BCUT2D eigenvalue weighted by Crippen LogP contribution is -2.14. The Morgan fingerprint density at radius 3 is 2.80 bits per heavy atom. The summed E-state index contributed by atoms with van der Waals surface area (Å²) < 4.78 is 1.65. The van der Waals surface area contributed by atoms with E-state index in [4.69, 9.17) is 16.6 Å². The molecule has 1 fully saturated rings. The van der Waals surface area contributed by atoms with Gasteiger partial charge in [0.15, 0.2) is 0 Å². The standard InChI is InChI=1S/C18H21ClN4OS/c1-10-12(16(19)23(2)22-10)8-14-20-17(24)15-13(9-25-18(15)21-14)11-6-4-3-5-7-11/h9,11H,3-8H2,1-2H3,(H,20,21,24). The molecular weight excluding hydrogens is 356 g/mol. The number of rotatable bonds is 3. The van der Waals surface area contributed by atoms with E-state index in [1.165, 1.54) is 37.7 Å². The van der Waals surface area contributed by atoms with Gasteiger partial charge >= 0.3 is 0 Å². The zero-order valence-electron chi connectivity index (χ0n) is 14.4. The molecule has 132 valence electrons. The number of hydrogen-bond donors (Lipinski definition) is 1. The lowest BCUT2D eigenvalue weighted by atomic mass is 9.84. The molecule has 3 aromatic heterocycles. The number of hydrogen-bond acceptors (Lipinski definition) is 4. The first-order valence-corrected chi connectivity index (χ1v) is 9.98. The third-order valence-corrected chi connectivity index (χ3v) is 6.54. The van der Waals surface area contributed by atoms with Crippen LogP contribution in [0.25, 0.3) is 10.2 Å². The molecule has 4 rings (SSSR count). The van der Waals surface area contributed by atoms with Gasteiger partial charge in [0.2, 0.25) is 0 Å². The quantitative estimate of drug-likeness (QED) is 0.740. The summed E-state index contributed by atoms with van der Waals surface area (Å²) >= 11 is 7.89. The van der Waals surface area contributed by atoms with Crippen LogP contribution in [-0.4, -0.2) is 19.7 Å². The van der Waals surface area contributed by atoms with Gasteiger partial charge in [0.25, 0.3) is 5.56 Å². The van der Waals surface area contributed by atoms with E-state index in [1.54, 1.807) is 16.0 Å². The first-order chi connectivity index (χ1) is 12.0. The maximum absolute atomic E-state index is 12.7. The number of aromatic nitrogens is 4. The zero-order valence-corrected chi connectivity index (χ0v) is 16.0. The van der Waals surface area contributed by atoms with Crippen molar-refractivity contribution < 1.29 is 0 Å². The summed E-state index contributed by atoms with van der Waals surface area (Å²) in [6, 6.07) is 0. The summed E-state index contributed by atoms with van der Waals surface area (Å²) in [5.41, 5.74) is 2.94. The van der Waals surface area contributed by atoms with Crippen LogP contribution in [0.3, 0.4) is 0 Å². The van der Waals surface area contributed by atoms with E-state index in [9.17, 15) is 4.79 Å². The average molecular weight is 377 g/mol. The largest absolute Gasteiger partial charge is 0.310 e. The van der Waals surface area contributed by atoms with Crippen LogP contribution in [-0.2, 0) is 13.5 Å². The van der Waals surface area contributed by atoms with E-state index < -0.39 is 0 Å². The first kappa shape index (κ1) is 16.8. The highest BCUT2D eigenvalue weighted by molar-refractivity contribution is 7.16. The van der Waals surface area contributed by atoms with Crippen LogP contribution in [0.15, 0.2) is 10.2 Å². The molecule has 1 aliphatic carbocycles. The normalized spacial score (nSPS) is 16.0. The van der Waals surface area contributed by atoms with Crippen LogP contribution >= 0.6 is 22.9 Å². The summed E-state index contributed by atoms with van der Waals surface area (Å²) in [5.74, 6) is 1.15. The Balaban J connectivity index is 1.72. The second kappa shape index (κ2) is 6.57. The SMILES string of the molecule is Cc1nn(C)c(Cl)c1Cc1nc2scc(C3CCCCC3)c2c(=O)[nH]1. The molecule has 0 aromatic carbocycles. The van der Waals surface area contributed by atoms with Gasteiger partial charge in [0.1, 0.15) is 15.8 Å². The highest BCUT2D eigenvalue weighted by Gasteiger charge is 2.22. The van der Waals surface area contributed by atoms with E-state index in [-0.39, 0.29) is 5.56 Å². The van der Waals surface area contributed by atoms with E-state index in [0.29, 0.717) is 23.3 Å². The van der Waals surface area contributed by atoms with Crippen LogP contribution in [0, 0.1) is 6.92 Å². The minimum atomic E-state index is -0.0283. The fraction of sp³-hybridized carbons (Fsp3) is 0.500. The molecular formula is C18H21ClN4OS. The summed E-state index contributed by atoms with van der Waals surface area (Å²) in [6.07, 6.45) is 6.66. The number of nitrogens with zero attached hydrogens (tertiary/aromatic N) is 3. The number of aromatic amines is 1. The van der Waals surface area contributed by atoms with Crippen molar-refractivity contribution in [2.45, 2.75) is 51.4 Å². The molecule has 5 nitrogen and oxygen atoms in total. The van der Waals surface area contributed by atoms with Gasteiger partial charge < -0.3 is 4.98 Å². The van der Waals surface area contributed by atoms with Crippen molar-refractivity contribution in [3.05, 3.63) is 43.5 Å². The number of aryl methyl sites for hydroxylation is 2. The molecule has 0 aliphatic heterocycles. The summed E-state index contributed by atoms with van der Waals surface area (Å²) in [4.78, 5) is 21.3. The van der Waals surface area contributed by atoms with Gasteiger partial charge in [-0.15, -0.1) is 11.3 Å². The molecule has 25 heavy (non-hydrogen) atoms. The molecule has 3 aromatic rings. The molecule has 0 atom stereocenters. The fourth-order valence-corrected chi connectivity index (χ4v) is 5.14. The van der Waals surface area contributed by atoms with Gasteiger partial charge in [-0.2, -0.15) is 5.10 Å². The molecule has 0 bridgehead atoms. The van der Waals surface area contributed by atoms with E-state index >= 15 is 0 Å². The van der Waals surface area contributed by atoms with Crippen molar-refractivity contribution in [1.29, 1.82) is 0 Å². The molecule has 0 spiro atoms. The van der Waals surface area contributed by atoms with Gasteiger partial charge in [0, 0.05) is 19.0 Å². The van der Waals surface area contributed by atoms with Crippen molar-refractivity contribution in [3.8, 4) is 0 Å². The van der Waals surface area contributed by atoms with Crippen molar-refractivity contribution in [2.75, 3.05) is 0 Å². The van der Waals surface area contributed by atoms with E-state index in [0.717, 1.165) is 21.5 Å². The number of H-pyrrole nitrogens is 1. The molecule has 0 unspecified atom stereocenters. The molecule has 1 saturated carbocycles. The molecule has 3 heterocycles. The highest BCUT2D eigenvalue weighted by Crippen LogP contribution is 2.37. The predicted octanol–water partition coefficient (Wildman–Crippen LogP) is 4.32. The van der Waals surface area contributed by atoms with Gasteiger partial charge in [0.05, 0.1) is 11.1 Å².